The Morgan fingerprint density at radius 3 is 1.81 bits per heavy atom. The highest BCUT2D eigenvalue weighted by molar-refractivity contribution is 5.56. The van der Waals surface area contributed by atoms with Crippen LogP contribution in [0.15, 0.2) is 72.8 Å². The normalized spacial score (nSPS) is 14.7. The summed E-state index contributed by atoms with van der Waals surface area (Å²) in [5, 5.41) is 0. The molecule has 1 fully saturated rings. The molecular formula is C31H36N4O2. The number of nitrogens with one attached hydrogen (secondary N) is 1. The van der Waals surface area contributed by atoms with Gasteiger partial charge in [-0.25, -0.2) is 4.98 Å². The van der Waals surface area contributed by atoms with Gasteiger partial charge in [0.05, 0.1) is 26.0 Å². The Morgan fingerprint density at radius 2 is 1.30 bits per heavy atom. The molecule has 0 unspecified atom stereocenters. The van der Waals surface area contributed by atoms with Gasteiger partial charge >= 0.3 is 0 Å². The van der Waals surface area contributed by atoms with Gasteiger partial charge in [0.1, 0.15) is 17.3 Å². The number of aryl methyl sites for hydroxylation is 2. The van der Waals surface area contributed by atoms with Crippen LogP contribution >= 0.6 is 0 Å². The Labute approximate surface area is 219 Å². The van der Waals surface area contributed by atoms with E-state index in [0.29, 0.717) is 0 Å². The minimum absolute atomic E-state index is 0.180. The van der Waals surface area contributed by atoms with E-state index in [1.807, 2.05) is 24.3 Å². The number of imidazole rings is 1. The third-order valence-corrected chi connectivity index (χ3v) is 7.32. The van der Waals surface area contributed by atoms with Crippen molar-refractivity contribution in [1.29, 1.82) is 0 Å². The van der Waals surface area contributed by atoms with Gasteiger partial charge < -0.3 is 14.5 Å². The maximum absolute atomic E-state index is 5.40. The van der Waals surface area contributed by atoms with Crippen molar-refractivity contribution in [2.75, 3.05) is 40.4 Å². The first-order valence-electron chi connectivity index (χ1n) is 12.9. The molecule has 0 aliphatic carbocycles. The van der Waals surface area contributed by atoms with E-state index in [-0.39, 0.29) is 6.04 Å². The lowest BCUT2D eigenvalue weighted by atomic mass is 9.96. The SMILES string of the molecule is COc1ccc(C(c2ccc(OC)cc2)N2CCN(Cc3nc(-c4ccc(C)cc4)[nH]c3C)CC2)cc1. The molecule has 192 valence electrons. The van der Waals surface area contributed by atoms with Crippen LogP contribution in [0.5, 0.6) is 11.5 Å². The minimum atomic E-state index is 0.180. The summed E-state index contributed by atoms with van der Waals surface area (Å²) in [5.74, 6) is 2.70. The van der Waals surface area contributed by atoms with Crippen molar-refractivity contribution in [3.05, 3.63) is 101 Å². The van der Waals surface area contributed by atoms with Crippen molar-refractivity contribution in [2.45, 2.75) is 26.4 Å². The number of ether oxygens (including phenoxy) is 2. The van der Waals surface area contributed by atoms with E-state index in [2.05, 4.69) is 77.2 Å². The van der Waals surface area contributed by atoms with E-state index in [0.717, 1.165) is 67.0 Å². The smallest absolute Gasteiger partial charge is 0.137 e. The van der Waals surface area contributed by atoms with Crippen LogP contribution in [0.3, 0.4) is 0 Å². The number of H-pyrrole nitrogens is 1. The van der Waals surface area contributed by atoms with E-state index in [1.54, 1.807) is 14.2 Å². The van der Waals surface area contributed by atoms with Gasteiger partial charge in [0.2, 0.25) is 0 Å². The van der Waals surface area contributed by atoms with Gasteiger partial charge in [0.25, 0.3) is 0 Å². The Balaban J connectivity index is 1.29. The highest BCUT2D eigenvalue weighted by atomic mass is 16.5. The standard InChI is InChI=1S/C31H36N4O2/c1-22-5-7-26(8-6-22)31-32-23(2)29(33-31)21-34-17-19-35(20-18-34)30(24-9-13-27(36-3)14-10-24)25-11-15-28(37-4)16-12-25/h5-16,30H,17-21H2,1-4H3,(H,32,33). The number of benzene rings is 3. The van der Waals surface area contributed by atoms with Crippen LogP contribution in [-0.2, 0) is 6.54 Å². The summed E-state index contributed by atoms with van der Waals surface area (Å²) in [4.78, 5) is 13.5. The molecule has 6 heteroatoms. The lowest BCUT2D eigenvalue weighted by Gasteiger charge is -2.39. The molecule has 5 rings (SSSR count). The second-order valence-corrected chi connectivity index (χ2v) is 9.78. The number of nitrogens with zero attached hydrogens (tertiary/aromatic N) is 3. The van der Waals surface area contributed by atoms with Crippen LogP contribution < -0.4 is 9.47 Å². The predicted octanol–water partition coefficient (Wildman–Crippen LogP) is 5.62. The van der Waals surface area contributed by atoms with Gasteiger partial charge in [-0.15, -0.1) is 0 Å². The fraction of sp³-hybridized carbons (Fsp3) is 0.323. The number of rotatable bonds is 8. The topological polar surface area (TPSA) is 53.6 Å². The summed E-state index contributed by atoms with van der Waals surface area (Å²) in [7, 11) is 3.42. The summed E-state index contributed by atoms with van der Waals surface area (Å²) >= 11 is 0. The van der Waals surface area contributed by atoms with Crippen LogP contribution in [0.4, 0.5) is 0 Å². The summed E-state index contributed by atoms with van der Waals surface area (Å²) in [6.07, 6.45) is 0. The summed E-state index contributed by atoms with van der Waals surface area (Å²) in [5.41, 5.74) is 7.20. The van der Waals surface area contributed by atoms with Gasteiger partial charge in [-0.3, -0.25) is 9.80 Å². The highest BCUT2D eigenvalue weighted by Crippen LogP contribution is 2.32. The first kappa shape index (κ1) is 25.1. The average Bonchev–Trinajstić information content (AvgIpc) is 3.30. The van der Waals surface area contributed by atoms with E-state index in [9.17, 15) is 0 Å². The average molecular weight is 497 g/mol. The van der Waals surface area contributed by atoms with Gasteiger partial charge in [-0.1, -0.05) is 54.1 Å². The molecule has 4 aromatic rings. The van der Waals surface area contributed by atoms with Crippen molar-refractivity contribution < 1.29 is 9.47 Å². The molecule has 0 bridgehead atoms. The Bertz CT molecular complexity index is 1240. The highest BCUT2D eigenvalue weighted by Gasteiger charge is 2.27. The lowest BCUT2D eigenvalue weighted by molar-refractivity contribution is 0.104. The number of methoxy groups -OCH3 is 2. The third kappa shape index (κ3) is 5.71. The van der Waals surface area contributed by atoms with Crippen molar-refractivity contribution >= 4 is 0 Å². The van der Waals surface area contributed by atoms with Crippen LogP contribution in [0.2, 0.25) is 0 Å². The second kappa shape index (κ2) is 11.2. The molecule has 0 radical (unpaired) electrons. The van der Waals surface area contributed by atoms with Crippen molar-refractivity contribution in [3.8, 4) is 22.9 Å². The molecule has 0 saturated carbocycles. The third-order valence-electron chi connectivity index (χ3n) is 7.32. The van der Waals surface area contributed by atoms with Crippen LogP contribution in [0.1, 0.15) is 34.1 Å². The molecule has 37 heavy (non-hydrogen) atoms. The summed E-state index contributed by atoms with van der Waals surface area (Å²) in [6, 6.07) is 25.6. The fourth-order valence-electron chi connectivity index (χ4n) is 5.08. The zero-order valence-electron chi connectivity index (χ0n) is 22.2. The summed E-state index contributed by atoms with van der Waals surface area (Å²) < 4.78 is 10.8. The molecule has 6 nitrogen and oxygen atoms in total. The number of hydrogen-bond donors (Lipinski definition) is 1. The van der Waals surface area contributed by atoms with Gasteiger partial charge in [-0.2, -0.15) is 0 Å². The molecule has 3 aromatic carbocycles. The molecule has 1 aliphatic heterocycles. The summed E-state index contributed by atoms with van der Waals surface area (Å²) in [6.45, 7) is 9.05. The molecular weight excluding hydrogens is 460 g/mol. The first-order valence-corrected chi connectivity index (χ1v) is 12.9. The van der Waals surface area contributed by atoms with Gasteiger partial charge in [-0.05, 0) is 49.2 Å². The van der Waals surface area contributed by atoms with E-state index < -0.39 is 0 Å². The fourth-order valence-corrected chi connectivity index (χ4v) is 5.08. The maximum Gasteiger partial charge on any atom is 0.137 e. The van der Waals surface area contributed by atoms with Crippen molar-refractivity contribution in [3.63, 3.8) is 0 Å². The Kier molecular flexibility index (Phi) is 7.58. The number of aromatic nitrogens is 2. The largest absolute Gasteiger partial charge is 0.497 e. The van der Waals surface area contributed by atoms with Gasteiger partial charge in [0.15, 0.2) is 0 Å². The number of aromatic amines is 1. The monoisotopic (exact) mass is 496 g/mol. The molecule has 1 aliphatic rings. The van der Waals surface area contributed by atoms with Gasteiger partial charge in [0, 0.05) is 44.0 Å². The molecule has 1 saturated heterocycles. The van der Waals surface area contributed by atoms with Crippen molar-refractivity contribution in [2.24, 2.45) is 0 Å². The minimum Gasteiger partial charge on any atom is -0.497 e. The predicted molar refractivity (Wildman–Crippen MR) is 148 cm³/mol. The molecule has 1 aromatic heterocycles. The van der Waals surface area contributed by atoms with Crippen molar-refractivity contribution in [1.82, 2.24) is 19.8 Å². The molecule has 0 atom stereocenters. The zero-order valence-corrected chi connectivity index (χ0v) is 22.2. The second-order valence-electron chi connectivity index (χ2n) is 9.78. The van der Waals surface area contributed by atoms with Crippen LogP contribution in [0.25, 0.3) is 11.4 Å². The maximum atomic E-state index is 5.40. The molecule has 1 N–H and O–H groups in total. The first-order chi connectivity index (χ1) is 18.0. The lowest BCUT2D eigenvalue weighted by Crippen LogP contribution is -2.47. The Morgan fingerprint density at radius 1 is 0.757 bits per heavy atom. The van der Waals surface area contributed by atoms with Crippen LogP contribution in [0, 0.1) is 13.8 Å². The number of hydrogen-bond acceptors (Lipinski definition) is 5. The van der Waals surface area contributed by atoms with E-state index in [1.165, 1.54) is 16.7 Å². The quantitative estimate of drug-likeness (QED) is 0.343. The zero-order chi connectivity index (χ0) is 25.8. The van der Waals surface area contributed by atoms with Crippen LogP contribution in [-0.4, -0.2) is 60.2 Å². The molecule has 0 spiro atoms. The Hall–Kier alpha value is -3.61. The molecule has 0 amide bonds. The molecule has 2 heterocycles. The van der Waals surface area contributed by atoms with E-state index >= 15 is 0 Å². The number of piperazine rings is 1. The van der Waals surface area contributed by atoms with E-state index in [4.69, 9.17) is 14.5 Å².